The number of hydrogen-bond donors (Lipinski definition) is 2. The van der Waals surface area contributed by atoms with E-state index in [-0.39, 0.29) is 6.42 Å². The number of aliphatic hydroxyl groups excluding tert-OH is 1. The maximum absolute atomic E-state index is 12.3. The summed E-state index contributed by atoms with van der Waals surface area (Å²) in [4.78, 5) is 10.6. The lowest BCUT2D eigenvalue weighted by molar-refractivity contribution is -0.123. The maximum atomic E-state index is 12.3. The summed E-state index contributed by atoms with van der Waals surface area (Å²) in [6.07, 6.45) is 1.31. The molecule has 70 valence electrons. The first-order valence-electron chi connectivity index (χ1n) is 3.38. The van der Waals surface area contributed by atoms with Crippen LogP contribution in [0.15, 0.2) is 12.7 Å². The normalized spacial score (nSPS) is 10.9. The van der Waals surface area contributed by atoms with Gasteiger partial charge in [-0.15, -0.1) is 6.58 Å². The molecule has 0 aromatic rings. The maximum Gasteiger partial charge on any atom is 0.287 e. The van der Waals surface area contributed by atoms with Crippen LogP contribution in [0, 0.1) is 0 Å². The molecule has 12 heavy (non-hydrogen) atoms. The third-order valence-corrected chi connectivity index (χ3v) is 1.11. The standard InChI is InChI=1S/C7H11F2NO2/c1-2-3-6(12)10-4-7(8,9)5-11/h2,11H,1,3-5H2,(H,10,12). The zero-order valence-electron chi connectivity index (χ0n) is 6.52. The summed E-state index contributed by atoms with van der Waals surface area (Å²) in [6, 6.07) is 0. The van der Waals surface area contributed by atoms with E-state index in [9.17, 15) is 13.6 Å². The monoisotopic (exact) mass is 179 g/mol. The van der Waals surface area contributed by atoms with Gasteiger partial charge in [0.2, 0.25) is 5.91 Å². The first-order valence-corrected chi connectivity index (χ1v) is 3.38. The molecular weight excluding hydrogens is 168 g/mol. The lowest BCUT2D eigenvalue weighted by Crippen LogP contribution is -2.38. The second-order valence-electron chi connectivity index (χ2n) is 2.28. The summed E-state index contributed by atoms with van der Waals surface area (Å²) in [5.41, 5.74) is 0. The van der Waals surface area contributed by atoms with E-state index in [1.807, 2.05) is 5.32 Å². The molecule has 0 saturated heterocycles. The van der Waals surface area contributed by atoms with Gasteiger partial charge in [0.25, 0.3) is 5.92 Å². The van der Waals surface area contributed by atoms with Gasteiger partial charge in [-0.3, -0.25) is 4.79 Å². The van der Waals surface area contributed by atoms with E-state index in [0.717, 1.165) is 0 Å². The van der Waals surface area contributed by atoms with Crippen LogP contribution in [0.2, 0.25) is 0 Å². The van der Waals surface area contributed by atoms with E-state index in [0.29, 0.717) is 0 Å². The molecule has 1 amide bonds. The summed E-state index contributed by atoms with van der Waals surface area (Å²) in [6.45, 7) is 1.17. The molecule has 0 fully saturated rings. The molecule has 0 rings (SSSR count). The predicted molar refractivity (Wildman–Crippen MR) is 39.9 cm³/mol. The molecule has 2 N–H and O–H groups in total. The molecule has 3 nitrogen and oxygen atoms in total. The number of carbonyl (C=O) groups excluding carboxylic acids is 1. The van der Waals surface area contributed by atoms with Crippen molar-refractivity contribution in [3.8, 4) is 0 Å². The van der Waals surface area contributed by atoms with Crippen molar-refractivity contribution in [3.05, 3.63) is 12.7 Å². The van der Waals surface area contributed by atoms with Crippen LogP contribution in [0.1, 0.15) is 6.42 Å². The van der Waals surface area contributed by atoms with Crippen molar-refractivity contribution in [2.45, 2.75) is 12.3 Å². The van der Waals surface area contributed by atoms with Gasteiger partial charge in [0.1, 0.15) is 6.61 Å². The van der Waals surface area contributed by atoms with Crippen molar-refractivity contribution in [2.75, 3.05) is 13.2 Å². The highest BCUT2D eigenvalue weighted by molar-refractivity contribution is 5.77. The van der Waals surface area contributed by atoms with E-state index in [1.165, 1.54) is 6.08 Å². The lowest BCUT2D eigenvalue weighted by Gasteiger charge is -2.13. The van der Waals surface area contributed by atoms with E-state index in [2.05, 4.69) is 6.58 Å². The Morgan fingerprint density at radius 1 is 1.67 bits per heavy atom. The van der Waals surface area contributed by atoms with Crippen LogP contribution in [0.4, 0.5) is 8.78 Å². The molecule has 0 aromatic carbocycles. The summed E-state index contributed by atoms with van der Waals surface area (Å²) < 4.78 is 24.5. The molecule has 0 aliphatic carbocycles. The van der Waals surface area contributed by atoms with Gasteiger partial charge in [-0.2, -0.15) is 0 Å². The number of halogens is 2. The number of hydrogen-bond acceptors (Lipinski definition) is 2. The lowest BCUT2D eigenvalue weighted by atomic mass is 10.3. The van der Waals surface area contributed by atoms with Gasteiger partial charge in [-0.1, -0.05) is 6.08 Å². The summed E-state index contributed by atoms with van der Waals surface area (Å²) in [5, 5.41) is 10.1. The van der Waals surface area contributed by atoms with Crippen molar-refractivity contribution in [1.29, 1.82) is 0 Å². The van der Waals surface area contributed by atoms with Crippen LogP contribution in [-0.2, 0) is 4.79 Å². The third-order valence-electron chi connectivity index (χ3n) is 1.11. The smallest absolute Gasteiger partial charge is 0.287 e. The van der Waals surface area contributed by atoms with Gasteiger partial charge in [0.15, 0.2) is 0 Å². The molecule has 0 unspecified atom stereocenters. The highest BCUT2D eigenvalue weighted by atomic mass is 19.3. The van der Waals surface area contributed by atoms with Crippen LogP contribution in [0.3, 0.4) is 0 Å². The Kier molecular flexibility index (Phi) is 4.43. The molecule has 0 atom stereocenters. The van der Waals surface area contributed by atoms with Gasteiger partial charge < -0.3 is 10.4 Å². The van der Waals surface area contributed by atoms with Crippen molar-refractivity contribution in [2.24, 2.45) is 0 Å². The molecule has 0 aromatic heterocycles. The van der Waals surface area contributed by atoms with Crippen molar-refractivity contribution >= 4 is 5.91 Å². The van der Waals surface area contributed by atoms with Gasteiger partial charge >= 0.3 is 0 Å². The molecule has 5 heteroatoms. The number of rotatable bonds is 5. The minimum atomic E-state index is -3.24. The molecule has 0 spiro atoms. The molecule has 0 aliphatic heterocycles. The molecule has 0 heterocycles. The van der Waals surface area contributed by atoms with Crippen molar-refractivity contribution < 1.29 is 18.7 Å². The van der Waals surface area contributed by atoms with Crippen LogP contribution in [-0.4, -0.2) is 30.1 Å². The highest BCUT2D eigenvalue weighted by Crippen LogP contribution is 2.09. The molecule has 0 radical (unpaired) electrons. The van der Waals surface area contributed by atoms with Gasteiger partial charge in [-0.25, -0.2) is 8.78 Å². The molecule has 0 saturated carbocycles. The Labute approximate surface area is 69.1 Å². The van der Waals surface area contributed by atoms with Crippen LogP contribution < -0.4 is 5.32 Å². The highest BCUT2D eigenvalue weighted by Gasteiger charge is 2.27. The first kappa shape index (κ1) is 11.0. The summed E-state index contributed by atoms with van der Waals surface area (Å²) >= 11 is 0. The Morgan fingerprint density at radius 2 is 2.25 bits per heavy atom. The second kappa shape index (κ2) is 4.82. The molecule has 0 aliphatic rings. The topological polar surface area (TPSA) is 49.3 Å². The fourth-order valence-corrected chi connectivity index (χ4v) is 0.487. The molecular formula is C7H11F2NO2. The SMILES string of the molecule is C=CCC(=O)NCC(F)(F)CO. The summed E-state index contributed by atoms with van der Waals surface area (Å²) in [7, 11) is 0. The number of nitrogens with one attached hydrogen (secondary N) is 1. The fraction of sp³-hybridized carbons (Fsp3) is 0.571. The number of aliphatic hydroxyl groups is 1. The van der Waals surface area contributed by atoms with Gasteiger partial charge in [0, 0.05) is 6.42 Å². The minimum Gasteiger partial charge on any atom is -0.390 e. The third kappa shape index (κ3) is 4.79. The number of amides is 1. The van der Waals surface area contributed by atoms with Gasteiger partial charge in [0.05, 0.1) is 6.54 Å². The average Bonchev–Trinajstić information content (AvgIpc) is 2.02. The van der Waals surface area contributed by atoms with Crippen LogP contribution in [0.25, 0.3) is 0 Å². The first-order chi connectivity index (χ1) is 5.52. The Hall–Kier alpha value is -0.970. The minimum absolute atomic E-state index is 0.00150. The Balaban J connectivity index is 3.67. The second-order valence-corrected chi connectivity index (χ2v) is 2.28. The fourth-order valence-electron chi connectivity index (χ4n) is 0.487. The predicted octanol–water partition coefficient (Wildman–Crippen LogP) is 0.306. The Morgan fingerprint density at radius 3 is 2.67 bits per heavy atom. The largest absolute Gasteiger partial charge is 0.390 e. The number of alkyl halides is 2. The zero-order valence-corrected chi connectivity index (χ0v) is 6.52. The van der Waals surface area contributed by atoms with Crippen LogP contribution >= 0.6 is 0 Å². The summed E-state index contributed by atoms with van der Waals surface area (Å²) in [5.74, 6) is -3.77. The van der Waals surface area contributed by atoms with E-state index >= 15 is 0 Å². The van der Waals surface area contributed by atoms with Crippen molar-refractivity contribution in [1.82, 2.24) is 5.32 Å². The Bertz CT molecular complexity index is 171. The van der Waals surface area contributed by atoms with Crippen molar-refractivity contribution in [3.63, 3.8) is 0 Å². The van der Waals surface area contributed by atoms with E-state index < -0.39 is 25.0 Å². The van der Waals surface area contributed by atoms with E-state index in [4.69, 9.17) is 5.11 Å². The quantitative estimate of drug-likeness (QED) is 0.596. The van der Waals surface area contributed by atoms with Gasteiger partial charge in [-0.05, 0) is 0 Å². The van der Waals surface area contributed by atoms with Crippen LogP contribution in [0.5, 0.6) is 0 Å². The molecule has 0 bridgehead atoms. The average molecular weight is 179 g/mol. The zero-order chi connectivity index (χ0) is 9.61. The number of carbonyl (C=O) groups is 1. The van der Waals surface area contributed by atoms with E-state index in [1.54, 1.807) is 0 Å².